The number of imide groups is 1. The Hall–Kier alpha value is -3.45. The first-order valence-corrected chi connectivity index (χ1v) is 10.3. The van der Waals surface area contributed by atoms with E-state index in [2.05, 4.69) is 11.4 Å². The molecule has 0 spiro atoms. The standard InChI is InChI=1S/C24H25N3O4/c1-16(28)25-19-10-8-18(9-11-19)21-22(24(30)27(23(21)29)13-5-15-31-2)26-14-12-17-6-3-4-7-20(17)26/h3-4,6-11H,5,12-15H2,1-2H3,(H,25,28). The molecule has 7 heteroatoms. The summed E-state index contributed by atoms with van der Waals surface area (Å²) in [5, 5.41) is 2.72. The minimum Gasteiger partial charge on any atom is -0.385 e. The zero-order valence-electron chi connectivity index (χ0n) is 17.7. The van der Waals surface area contributed by atoms with Crippen molar-refractivity contribution in [1.82, 2.24) is 4.90 Å². The second-order valence-corrected chi connectivity index (χ2v) is 7.62. The molecule has 2 heterocycles. The predicted octanol–water partition coefficient (Wildman–Crippen LogP) is 2.82. The first-order chi connectivity index (χ1) is 15.0. The molecular weight excluding hydrogens is 394 g/mol. The molecule has 0 unspecified atom stereocenters. The molecule has 2 aromatic carbocycles. The largest absolute Gasteiger partial charge is 0.385 e. The fourth-order valence-electron chi connectivity index (χ4n) is 4.14. The minimum atomic E-state index is -0.298. The van der Waals surface area contributed by atoms with Crippen molar-refractivity contribution in [3.05, 3.63) is 65.4 Å². The van der Waals surface area contributed by atoms with Gasteiger partial charge in [0, 0.05) is 45.1 Å². The van der Waals surface area contributed by atoms with Gasteiger partial charge in [0.2, 0.25) is 5.91 Å². The van der Waals surface area contributed by atoms with E-state index in [1.54, 1.807) is 31.4 Å². The van der Waals surface area contributed by atoms with Crippen molar-refractivity contribution in [2.45, 2.75) is 19.8 Å². The third kappa shape index (κ3) is 3.96. The summed E-state index contributed by atoms with van der Waals surface area (Å²) >= 11 is 0. The molecule has 0 bridgehead atoms. The fraction of sp³-hybridized carbons (Fsp3) is 0.292. The maximum atomic E-state index is 13.4. The van der Waals surface area contributed by atoms with Gasteiger partial charge in [0.25, 0.3) is 11.8 Å². The number of hydrogen-bond donors (Lipinski definition) is 1. The molecule has 0 aromatic heterocycles. The summed E-state index contributed by atoms with van der Waals surface area (Å²) in [6.07, 6.45) is 1.40. The number of rotatable bonds is 7. The van der Waals surface area contributed by atoms with Gasteiger partial charge in [0.05, 0.1) is 5.57 Å². The molecule has 0 radical (unpaired) electrons. The van der Waals surface area contributed by atoms with Crippen molar-refractivity contribution >= 4 is 34.7 Å². The molecule has 0 saturated heterocycles. The summed E-state index contributed by atoms with van der Waals surface area (Å²) in [4.78, 5) is 41.4. The third-order valence-corrected chi connectivity index (χ3v) is 5.52. The highest BCUT2D eigenvalue weighted by molar-refractivity contribution is 6.36. The van der Waals surface area contributed by atoms with Gasteiger partial charge >= 0.3 is 0 Å². The lowest BCUT2D eigenvalue weighted by atomic mass is 10.0. The lowest BCUT2D eigenvalue weighted by Gasteiger charge is -2.21. The summed E-state index contributed by atoms with van der Waals surface area (Å²) in [7, 11) is 1.60. The number of para-hydroxylation sites is 1. The van der Waals surface area contributed by atoms with Gasteiger partial charge in [0.15, 0.2) is 0 Å². The van der Waals surface area contributed by atoms with E-state index in [9.17, 15) is 14.4 Å². The number of ether oxygens (including phenoxy) is 1. The van der Waals surface area contributed by atoms with Crippen LogP contribution in [0, 0.1) is 0 Å². The van der Waals surface area contributed by atoms with Gasteiger partial charge in [-0.2, -0.15) is 0 Å². The Morgan fingerprint density at radius 3 is 2.52 bits per heavy atom. The third-order valence-electron chi connectivity index (χ3n) is 5.52. The first-order valence-electron chi connectivity index (χ1n) is 10.3. The molecule has 0 atom stereocenters. The number of fused-ring (bicyclic) bond motifs is 1. The highest BCUT2D eigenvalue weighted by Gasteiger charge is 2.42. The number of methoxy groups -OCH3 is 1. The molecule has 0 fully saturated rings. The molecule has 2 aliphatic heterocycles. The number of amides is 3. The number of carbonyl (C=O) groups is 3. The van der Waals surface area contributed by atoms with E-state index < -0.39 is 0 Å². The summed E-state index contributed by atoms with van der Waals surface area (Å²) in [5.41, 5.74) is 4.23. The Balaban J connectivity index is 1.75. The lowest BCUT2D eigenvalue weighted by molar-refractivity contribution is -0.137. The van der Waals surface area contributed by atoms with Gasteiger partial charge in [-0.25, -0.2) is 0 Å². The van der Waals surface area contributed by atoms with Crippen LogP contribution in [-0.2, 0) is 25.5 Å². The molecule has 31 heavy (non-hydrogen) atoms. The van der Waals surface area contributed by atoms with Crippen LogP contribution in [-0.4, -0.2) is 49.4 Å². The van der Waals surface area contributed by atoms with Crippen molar-refractivity contribution in [3.63, 3.8) is 0 Å². The van der Waals surface area contributed by atoms with Crippen LogP contribution in [0.2, 0.25) is 0 Å². The van der Waals surface area contributed by atoms with Crippen LogP contribution in [0.4, 0.5) is 11.4 Å². The van der Waals surface area contributed by atoms with Crippen molar-refractivity contribution in [2.75, 3.05) is 37.0 Å². The zero-order chi connectivity index (χ0) is 22.0. The van der Waals surface area contributed by atoms with Crippen molar-refractivity contribution in [1.29, 1.82) is 0 Å². The van der Waals surface area contributed by atoms with Gasteiger partial charge in [-0.05, 0) is 42.2 Å². The van der Waals surface area contributed by atoms with E-state index in [-0.39, 0.29) is 17.7 Å². The Kier molecular flexibility index (Phi) is 5.86. The molecule has 0 saturated carbocycles. The molecule has 1 N–H and O–H groups in total. The normalized spacial score (nSPS) is 15.7. The highest BCUT2D eigenvalue weighted by Crippen LogP contribution is 2.38. The van der Waals surface area contributed by atoms with Crippen LogP contribution >= 0.6 is 0 Å². The predicted molar refractivity (Wildman–Crippen MR) is 118 cm³/mol. The number of carbonyl (C=O) groups excluding carboxylic acids is 3. The summed E-state index contributed by atoms with van der Waals surface area (Å²) < 4.78 is 5.09. The van der Waals surface area contributed by atoms with Gasteiger partial charge < -0.3 is 15.0 Å². The maximum Gasteiger partial charge on any atom is 0.278 e. The van der Waals surface area contributed by atoms with Crippen molar-refractivity contribution in [2.24, 2.45) is 0 Å². The Labute approximate surface area is 181 Å². The van der Waals surface area contributed by atoms with Crippen LogP contribution in [0.1, 0.15) is 24.5 Å². The highest BCUT2D eigenvalue weighted by atomic mass is 16.5. The number of nitrogens with zero attached hydrogens (tertiary/aromatic N) is 2. The molecular formula is C24H25N3O4. The van der Waals surface area contributed by atoms with E-state index in [4.69, 9.17) is 4.74 Å². The second-order valence-electron chi connectivity index (χ2n) is 7.62. The molecule has 0 aliphatic carbocycles. The molecule has 2 aliphatic rings. The summed E-state index contributed by atoms with van der Waals surface area (Å²) in [6.45, 7) is 2.86. The number of nitrogens with one attached hydrogen (secondary N) is 1. The first kappa shape index (κ1) is 20.8. The molecule has 2 aromatic rings. The number of benzene rings is 2. The summed E-state index contributed by atoms with van der Waals surface area (Å²) in [6, 6.07) is 15.0. The van der Waals surface area contributed by atoms with Crippen LogP contribution in [0.5, 0.6) is 0 Å². The SMILES string of the molecule is COCCCN1C(=O)C(c2ccc(NC(C)=O)cc2)=C(N2CCc3ccccc32)C1=O. The average molecular weight is 419 g/mol. The fourth-order valence-corrected chi connectivity index (χ4v) is 4.14. The molecule has 3 amide bonds. The van der Waals surface area contributed by atoms with E-state index in [0.29, 0.717) is 48.6 Å². The van der Waals surface area contributed by atoms with Crippen LogP contribution in [0.3, 0.4) is 0 Å². The molecule has 160 valence electrons. The second kappa shape index (κ2) is 8.73. The Bertz CT molecular complexity index is 1060. The monoisotopic (exact) mass is 419 g/mol. The molecule has 7 nitrogen and oxygen atoms in total. The Morgan fingerprint density at radius 2 is 1.81 bits per heavy atom. The van der Waals surface area contributed by atoms with Crippen molar-refractivity contribution in [3.8, 4) is 0 Å². The lowest BCUT2D eigenvalue weighted by Crippen LogP contribution is -2.36. The van der Waals surface area contributed by atoms with Gasteiger partial charge in [-0.15, -0.1) is 0 Å². The van der Waals surface area contributed by atoms with Crippen LogP contribution in [0.25, 0.3) is 5.57 Å². The number of hydrogen-bond acceptors (Lipinski definition) is 5. The minimum absolute atomic E-state index is 0.169. The summed E-state index contributed by atoms with van der Waals surface area (Å²) in [5.74, 6) is -0.746. The topological polar surface area (TPSA) is 79.0 Å². The van der Waals surface area contributed by atoms with Gasteiger partial charge in [-0.1, -0.05) is 30.3 Å². The van der Waals surface area contributed by atoms with Gasteiger partial charge in [-0.3, -0.25) is 19.3 Å². The van der Waals surface area contributed by atoms with E-state index in [1.807, 2.05) is 23.1 Å². The van der Waals surface area contributed by atoms with E-state index in [0.717, 1.165) is 17.7 Å². The van der Waals surface area contributed by atoms with Gasteiger partial charge in [0.1, 0.15) is 5.70 Å². The van der Waals surface area contributed by atoms with E-state index in [1.165, 1.54) is 11.8 Å². The van der Waals surface area contributed by atoms with Crippen LogP contribution in [0.15, 0.2) is 54.2 Å². The number of anilines is 2. The smallest absolute Gasteiger partial charge is 0.278 e. The average Bonchev–Trinajstić information content (AvgIpc) is 3.28. The molecule has 4 rings (SSSR count). The maximum absolute atomic E-state index is 13.4. The Morgan fingerprint density at radius 1 is 1.06 bits per heavy atom. The zero-order valence-corrected chi connectivity index (χ0v) is 17.7. The van der Waals surface area contributed by atoms with Crippen molar-refractivity contribution < 1.29 is 19.1 Å². The quantitative estimate of drug-likeness (QED) is 0.552. The van der Waals surface area contributed by atoms with E-state index >= 15 is 0 Å². The van der Waals surface area contributed by atoms with Crippen LogP contribution < -0.4 is 10.2 Å².